The Kier molecular flexibility index (Phi) is 3.39. The van der Waals surface area contributed by atoms with Gasteiger partial charge >= 0.3 is 0 Å². The van der Waals surface area contributed by atoms with Crippen LogP contribution in [0.4, 0.5) is 5.69 Å². The van der Waals surface area contributed by atoms with Gasteiger partial charge in [0, 0.05) is 17.8 Å². The first-order chi connectivity index (χ1) is 10.1. The van der Waals surface area contributed by atoms with Crippen molar-refractivity contribution in [2.45, 2.75) is 19.4 Å². The minimum atomic E-state index is -0.148. The summed E-state index contributed by atoms with van der Waals surface area (Å²) in [5, 5.41) is 3.87. The molecular weight excluding hydrogens is 266 g/mol. The lowest BCUT2D eigenvalue weighted by Gasteiger charge is -2.11. The van der Waals surface area contributed by atoms with Gasteiger partial charge in [-0.2, -0.15) is 0 Å². The van der Waals surface area contributed by atoms with E-state index in [0.29, 0.717) is 17.8 Å². The van der Waals surface area contributed by atoms with Gasteiger partial charge in [-0.15, -0.1) is 0 Å². The molecule has 0 radical (unpaired) electrons. The number of nitrogen functional groups attached to an aromatic ring is 1. The second-order valence-electron chi connectivity index (χ2n) is 5.15. The van der Waals surface area contributed by atoms with Gasteiger partial charge < -0.3 is 20.5 Å². The lowest BCUT2D eigenvalue weighted by atomic mass is 10.2. The van der Waals surface area contributed by atoms with Crippen LogP contribution in [0.15, 0.2) is 47.1 Å². The molecule has 4 N–H and O–H groups in total. The van der Waals surface area contributed by atoms with E-state index < -0.39 is 0 Å². The highest BCUT2D eigenvalue weighted by Crippen LogP contribution is 2.21. The SMILES string of the molecule is CC(Cc1ccco1)NC(=O)c1cc2cccc(N)c2[nH]1. The topological polar surface area (TPSA) is 84.1 Å². The third kappa shape index (κ3) is 2.76. The van der Waals surface area contributed by atoms with E-state index in [-0.39, 0.29) is 11.9 Å². The molecule has 5 heteroatoms. The van der Waals surface area contributed by atoms with Gasteiger partial charge in [0.1, 0.15) is 11.5 Å². The zero-order valence-electron chi connectivity index (χ0n) is 11.7. The minimum Gasteiger partial charge on any atom is -0.469 e. The fourth-order valence-electron chi connectivity index (χ4n) is 2.39. The number of para-hydroxylation sites is 1. The van der Waals surface area contributed by atoms with Crippen molar-refractivity contribution in [1.29, 1.82) is 0 Å². The highest BCUT2D eigenvalue weighted by molar-refractivity contribution is 6.00. The summed E-state index contributed by atoms with van der Waals surface area (Å²) >= 11 is 0. The summed E-state index contributed by atoms with van der Waals surface area (Å²) in [7, 11) is 0. The lowest BCUT2D eigenvalue weighted by molar-refractivity contribution is 0.0935. The molecule has 3 rings (SSSR count). The Balaban J connectivity index is 1.73. The zero-order valence-corrected chi connectivity index (χ0v) is 11.7. The number of nitrogens with one attached hydrogen (secondary N) is 2. The number of hydrogen-bond acceptors (Lipinski definition) is 3. The van der Waals surface area contributed by atoms with Gasteiger partial charge in [-0.1, -0.05) is 12.1 Å². The summed E-state index contributed by atoms with van der Waals surface area (Å²) in [4.78, 5) is 15.3. The van der Waals surface area contributed by atoms with Gasteiger partial charge in [-0.25, -0.2) is 0 Å². The van der Waals surface area contributed by atoms with Gasteiger partial charge in [0.25, 0.3) is 5.91 Å². The summed E-state index contributed by atoms with van der Waals surface area (Å²) in [6.07, 6.45) is 2.28. The molecule has 0 fully saturated rings. The number of rotatable bonds is 4. The molecule has 2 aromatic heterocycles. The van der Waals surface area contributed by atoms with Gasteiger partial charge in [-0.3, -0.25) is 4.79 Å². The van der Waals surface area contributed by atoms with Crippen LogP contribution in [0.2, 0.25) is 0 Å². The molecule has 108 valence electrons. The fraction of sp³-hybridized carbons (Fsp3) is 0.188. The van der Waals surface area contributed by atoms with Crippen molar-refractivity contribution in [3.8, 4) is 0 Å². The molecule has 3 aromatic rings. The number of carbonyl (C=O) groups excluding carboxylic acids is 1. The quantitative estimate of drug-likeness (QED) is 0.644. The van der Waals surface area contributed by atoms with Crippen LogP contribution >= 0.6 is 0 Å². The van der Waals surface area contributed by atoms with E-state index >= 15 is 0 Å². The molecule has 0 aliphatic rings. The molecule has 0 spiro atoms. The van der Waals surface area contributed by atoms with Crippen LogP contribution in [-0.2, 0) is 6.42 Å². The third-order valence-corrected chi connectivity index (χ3v) is 3.40. The predicted molar refractivity (Wildman–Crippen MR) is 82.1 cm³/mol. The maximum absolute atomic E-state index is 12.3. The Hall–Kier alpha value is -2.69. The van der Waals surface area contributed by atoms with E-state index in [2.05, 4.69) is 10.3 Å². The number of fused-ring (bicyclic) bond motifs is 1. The van der Waals surface area contributed by atoms with Crippen molar-refractivity contribution in [3.05, 3.63) is 54.1 Å². The molecule has 0 aliphatic heterocycles. The largest absolute Gasteiger partial charge is 0.469 e. The Morgan fingerprint density at radius 1 is 1.38 bits per heavy atom. The van der Waals surface area contributed by atoms with Crippen molar-refractivity contribution in [2.24, 2.45) is 0 Å². The summed E-state index contributed by atoms with van der Waals surface area (Å²) in [6.45, 7) is 1.94. The van der Waals surface area contributed by atoms with Gasteiger partial charge in [-0.05, 0) is 31.2 Å². The normalized spacial score (nSPS) is 12.4. The number of aromatic nitrogens is 1. The van der Waals surface area contributed by atoms with E-state index in [4.69, 9.17) is 10.2 Å². The number of amides is 1. The minimum absolute atomic E-state index is 0.0209. The monoisotopic (exact) mass is 283 g/mol. The molecule has 0 aliphatic carbocycles. The number of nitrogens with two attached hydrogens (primary N) is 1. The van der Waals surface area contributed by atoms with Crippen molar-refractivity contribution >= 4 is 22.5 Å². The molecule has 0 saturated heterocycles. The van der Waals surface area contributed by atoms with E-state index in [1.807, 2.05) is 31.2 Å². The number of benzene rings is 1. The molecule has 1 amide bonds. The Bertz CT molecular complexity index is 759. The highest BCUT2D eigenvalue weighted by atomic mass is 16.3. The van der Waals surface area contributed by atoms with Crippen LogP contribution in [0.3, 0.4) is 0 Å². The van der Waals surface area contributed by atoms with Crippen molar-refractivity contribution in [2.75, 3.05) is 5.73 Å². The maximum Gasteiger partial charge on any atom is 0.267 e. The smallest absolute Gasteiger partial charge is 0.267 e. The molecule has 2 heterocycles. The molecule has 0 saturated carbocycles. The molecule has 1 atom stereocenters. The standard InChI is InChI=1S/C16H17N3O2/c1-10(8-12-5-3-7-21-12)18-16(20)14-9-11-4-2-6-13(17)15(11)19-14/h2-7,9-10,19H,8,17H2,1H3,(H,18,20). The van der Waals surface area contributed by atoms with E-state index in [9.17, 15) is 4.79 Å². The molecule has 5 nitrogen and oxygen atoms in total. The number of aromatic amines is 1. The Morgan fingerprint density at radius 3 is 2.95 bits per heavy atom. The average Bonchev–Trinajstić information content (AvgIpc) is 3.07. The number of anilines is 1. The van der Waals surface area contributed by atoms with Crippen molar-refractivity contribution in [3.63, 3.8) is 0 Å². The average molecular weight is 283 g/mol. The van der Waals surface area contributed by atoms with Crippen LogP contribution in [0.1, 0.15) is 23.2 Å². The van der Waals surface area contributed by atoms with Crippen LogP contribution in [0, 0.1) is 0 Å². The summed E-state index contributed by atoms with van der Waals surface area (Å²) < 4.78 is 5.28. The third-order valence-electron chi connectivity index (χ3n) is 3.40. The zero-order chi connectivity index (χ0) is 14.8. The summed E-state index contributed by atoms with van der Waals surface area (Å²) in [5.41, 5.74) is 7.82. The molecule has 21 heavy (non-hydrogen) atoms. The first kappa shape index (κ1) is 13.3. The van der Waals surface area contributed by atoms with Crippen molar-refractivity contribution in [1.82, 2.24) is 10.3 Å². The van der Waals surface area contributed by atoms with Gasteiger partial charge in [0.15, 0.2) is 0 Å². The number of H-pyrrole nitrogens is 1. The second kappa shape index (κ2) is 5.36. The summed E-state index contributed by atoms with van der Waals surface area (Å²) in [5.74, 6) is 0.702. The van der Waals surface area contributed by atoms with E-state index in [0.717, 1.165) is 16.7 Å². The van der Waals surface area contributed by atoms with Crippen LogP contribution in [0.5, 0.6) is 0 Å². The molecule has 0 bridgehead atoms. The molecule has 1 aromatic carbocycles. The number of carbonyl (C=O) groups is 1. The van der Waals surface area contributed by atoms with Gasteiger partial charge in [0.2, 0.25) is 0 Å². The number of furan rings is 1. The fourth-order valence-corrected chi connectivity index (χ4v) is 2.39. The first-order valence-corrected chi connectivity index (χ1v) is 6.84. The van der Waals surface area contributed by atoms with Crippen LogP contribution < -0.4 is 11.1 Å². The molecule has 1 unspecified atom stereocenters. The van der Waals surface area contributed by atoms with Crippen molar-refractivity contribution < 1.29 is 9.21 Å². The van der Waals surface area contributed by atoms with E-state index in [1.54, 1.807) is 18.4 Å². The van der Waals surface area contributed by atoms with Crippen LogP contribution in [-0.4, -0.2) is 16.9 Å². The Labute approximate surface area is 122 Å². The molecular formula is C16H17N3O2. The second-order valence-corrected chi connectivity index (χ2v) is 5.15. The Morgan fingerprint density at radius 2 is 2.24 bits per heavy atom. The van der Waals surface area contributed by atoms with E-state index in [1.165, 1.54) is 0 Å². The number of hydrogen-bond donors (Lipinski definition) is 3. The first-order valence-electron chi connectivity index (χ1n) is 6.84. The maximum atomic E-state index is 12.3. The predicted octanol–water partition coefficient (Wildman–Crippen LogP) is 2.70. The highest BCUT2D eigenvalue weighted by Gasteiger charge is 2.14. The van der Waals surface area contributed by atoms with Crippen LogP contribution in [0.25, 0.3) is 10.9 Å². The lowest BCUT2D eigenvalue weighted by Crippen LogP contribution is -2.34. The summed E-state index contributed by atoms with van der Waals surface area (Å²) in [6, 6.07) is 11.1. The van der Waals surface area contributed by atoms with Gasteiger partial charge in [0.05, 0.1) is 17.5 Å².